The van der Waals surface area contributed by atoms with Gasteiger partial charge in [0.1, 0.15) is 5.75 Å². The van der Waals surface area contributed by atoms with E-state index < -0.39 is 0 Å². The van der Waals surface area contributed by atoms with Crippen LogP contribution in [-0.4, -0.2) is 5.11 Å². The maximum absolute atomic E-state index is 9.93. The highest BCUT2D eigenvalue weighted by atomic mass is 16.3. The number of benzene rings is 1. The molecule has 1 nitrogen and oxygen atoms in total. The molecule has 0 aliphatic heterocycles. The van der Waals surface area contributed by atoms with Crippen LogP contribution in [0.25, 0.3) is 5.57 Å². The van der Waals surface area contributed by atoms with Gasteiger partial charge in [-0.15, -0.1) is 0 Å². The summed E-state index contributed by atoms with van der Waals surface area (Å²) < 4.78 is 0. The van der Waals surface area contributed by atoms with Gasteiger partial charge in [-0.3, -0.25) is 0 Å². The molecule has 0 radical (unpaired) electrons. The minimum Gasteiger partial charge on any atom is -0.507 e. The van der Waals surface area contributed by atoms with E-state index in [2.05, 4.69) is 13.2 Å². The van der Waals surface area contributed by atoms with E-state index in [-0.39, 0.29) is 0 Å². The normalized spacial score (nSPS) is 11.2. The zero-order valence-corrected chi connectivity index (χ0v) is 9.25. The summed E-state index contributed by atoms with van der Waals surface area (Å²) >= 11 is 0. The van der Waals surface area contributed by atoms with Gasteiger partial charge in [-0.1, -0.05) is 37.5 Å². The van der Waals surface area contributed by atoms with Gasteiger partial charge >= 0.3 is 0 Å². The van der Waals surface area contributed by atoms with Crippen molar-refractivity contribution in [2.75, 3.05) is 0 Å². The second kappa shape index (κ2) is 4.65. The minimum absolute atomic E-state index is 0.314. The topological polar surface area (TPSA) is 20.2 Å². The minimum atomic E-state index is 0.314. The van der Waals surface area contributed by atoms with E-state index in [1.165, 1.54) is 0 Å². The summed E-state index contributed by atoms with van der Waals surface area (Å²) in [6, 6.07) is 3.90. The van der Waals surface area contributed by atoms with Crippen LogP contribution < -0.4 is 0 Å². The third-order valence-electron chi connectivity index (χ3n) is 2.27. The fourth-order valence-electron chi connectivity index (χ4n) is 1.57. The highest BCUT2D eigenvalue weighted by Gasteiger charge is 2.07. The summed E-state index contributed by atoms with van der Waals surface area (Å²) in [6.45, 7) is 11.3. The Morgan fingerprint density at radius 1 is 1.27 bits per heavy atom. The molecule has 0 heterocycles. The van der Waals surface area contributed by atoms with Gasteiger partial charge in [0.15, 0.2) is 0 Å². The van der Waals surface area contributed by atoms with Gasteiger partial charge in [0, 0.05) is 5.56 Å². The predicted molar refractivity (Wildman–Crippen MR) is 66.0 cm³/mol. The SMILES string of the molecule is C=C/C=C(\C=C)c1cc(C)cc(C)c1O. The summed E-state index contributed by atoms with van der Waals surface area (Å²) in [5, 5.41) is 9.93. The second-order valence-corrected chi connectivity index (χ2v) is 3.54. The first kappa shape index (κ1) is 11.3. The lowest BCUT2D eigenvalue weighted by Gasteiger charge is -2.09. The van der Waals surface area contributed by atoms with Crippen molar-refractivity contribution in [1.82, 2.24) is 0 Å². The standard InChI is InChI=1S/C14H16O/c1-5-7-12(6-2)13-9-10(3)8-11(4)14(13)15/h5-9,15H,1-2H2,3-4H3/b12-7+. The summed E-state index contributed by atoms with van der Waals surface area (Å²) in [5.74, 6) is 0.314. The van der Waals surface area contributed by atoms with E-state index in [0.29, 0.717) is 5.75 Å². The Balaban J connectivity index is 3.41. The molecule has 1 aromatic rings. The fraction of sp³-hybridized carbons (Fsp3) is 0.143. The number of allylic oxidation sites excluding steroid dienone is 4. The average Bonchev–Trinajstić information content (AvgIpc) is 2.20. The van der Waals surface area contributed by atoms with Crippen LogP contribution in [0.2, 0.25) is 0 Å². The maximum Gasteiger partial charge on any atom is 0.126 e. The van der Waals surface area contributed by atoms with Gasteiger partial charge in [0.2, 0.25) is 0 Å². The first-order valence-electron chi connectivity index (χ1n) is 4.86. The lowest BCUT2D eigenvalue weighted by Crippen LogP contribution is -1.87. The van der Waals surface area contributed by atoms with Crippen molar-refractivity contribution in [3.8, 4) is 5.75 Å². The first-order valence-corrected chi connectivity index (χ1v) is 4.86. The van der Waals surface area contributed by atoms with Crippen molar-refractivity contribution < 1.29 is 5.11 Å². The molecule has 0 saturated heterocycles. The van der Waals surface area contributed by atoms with Crippen molar-refractivity contribution in [3.05, 3.63) is 60.2 Å². The molecule has 1 aromatic carbocycles. The molecule has 0 bridgehead atoms. The van der Waals surface area contributed by atoms with Crippen LogP contribution in [0.4, 0.5) is 0 Å². The highest BCUT2D eigenvalue weighted by molar-refractivity contribution is 5.79. The van der Waals surface area contributed by atoms with E-state index in [9.17, 15) is 5.11 Å². The first-order chi connectivity index (χ1) is 7.10. The summed E-state index contributed by atoms with van der Waals surface area (Å²) in [6.07, 6.45) is 5.24. The van der Waals surface area contributed by atoms with Crippen molar-refractivity contribution in [3.63, 3.8) is 0 Å². The number of aryl methyl sites for hydroxylation is 2. The van der Waals surface area contributed by atoms with E-state index in [4.69, 9.17) is 0 Å². The molecule has 1 rings (SSSR count). The van der Waals surface area contributed by atoms with Gasteiger partial charge in [0.05, 0.1) is 0 Å². The predicted octanol–water partition coefficient (Wildman–Crippen LogP) is 3.76. The fourth-order valence-corrected chi connectivity index (χ4v) is 1.57. The molecule has 1 N–H and O–H groups in total. The molecule has 1 heteroatoms. The monoisotopic (exact) mass is 200 g/mol. The van der Waals surface area contributed by atoms with Gasteiger partial charge in [0.25, 0.3) is 0 Å². The van der Waals surface area contributed by atoms with Gasteiger partial charge in [-0.05, 0) is 36.6 Å². The van der Waals surface area contributed by atoms with Crippen LogP contribution >= 0.6 is 0 Å². The van der Waals surface area contributed by atoms with Crippen LogP contribution in [0.1, 0.15) is 16.7 Å². The van der Waals surface area contributed by atoms with Crippen LogP contribution in [0.15, 0.2) is 43.5 Å². The molecule has 15 heavy (non-hydrogen) atoms. The quantitative estimate of drug-likeness (QED) is 0.736. The number of rotatable bonds is 3. The Morgan fingerprint density at radius 3 is 2.47 bits per heavy atom. The van der Waals surface area contributed by atoms with Crippen molar-refractivity contribution in [1.29, 1.82) is 0 Å². The molecular weight excluding hydrogens is 184 g/mol. The second-order valence-electron chi connectivity index (χ2n) is 3.54. The molecule has 0 saturated carbocycles. The van der Waals surface area contributed by atoms with Crippen LogP contribution in [-0.2, 0) is 0 Å². The average molecular weight is 200 g/mol. The molecule has 0 amide bonds. The van der Waals surface area contributed by atoms with Crippen LogP contribution in [0, 0.1) is 13.8 Å². The van der Waals surface area contributed by atoms with E-state index in [1.54, 1.807) is 12.2 Å². The Morgan fingerprint density at radius 2 is 1.93 bits per heavy atom. The smallest absolute Gasteiger partial charge is 0.126 e. The molecule has 0 aliphatic carbocycles. The van der Waals surface area contributed by atoms with Gasteiger partial charge in [-0.2, -0.15) is 0 Å². The van der Waals surface area contributed by atoms with E-state index in [1.807, 2.05) is 32.1 Å². The Kier molecular flexibility index (Phi) is 3.51. The maximum atomic E-state index is 9.93. The van der Waals surface area contributed by atoms with Crippen molar-refractivity contribution in [2.45, 2.75) is 13.8 Å². The summed E-state index contributed by atoms with van der Waals surface area (Å²) in [4.78, 5) is 0. The van der Waals surface area contributed by atoms with Crippen molar-refractivity contribution >= 4 is 5.57 Å². The lowest BCUT2D eigenvalue weighted by molar-refractivity contribution is 0.469. The number of phenols is 1. The molecule has 0 spiro atoms. The molecule has 0 unspecified atom stereocenters. The lowest BCUT2D eigenvalue weighted by atomic mass is 9.99. The molecule has 0 atom stereocenters. The Hall–Kier alpha value is -1.76. The number of hydrogen-bond acceptors (Lipinski definition) is 1. The third-order valence-corrected chi connectivity index (χ3v) is 2.27. The number of aromatic hydroxyl groups is 1. The molecular formula is C14H16O. The van der Waals surface area contributed by atoms with E-state index >= 15 is 0 Å². The molecule has 0 aromatic heterocycles. The largest absolute Gasteiger partial charge is 0.507 e. The van der Waals surface area contributed by atoms with Crippen LogP contribution in [0.5, 0.6) is 5.75 Å². The van der Waals surface area contributed by atoms with Crippen molar-refractivity contribution in [2.24, 2.45) is 0 Å². The van der Waals surface area contributed by atoms with E-state index in [0.717, 1.165) is 22.3 Å². The third kappa shape index (κ3) is 2.38. The highest BCUT2D eigenvalue weighted by Crippen LogP contribution is 2.30. The Bertz CT molecular complexity index is 425. The van der Waals surface area contributed by atoms with Gasteiger partial charge < -0.3 is 5.11 Å². The zero-order valence-electron chi connectivity index (χ0n) is 9.25. The molecule has 0 aliphatic rings. The van der Waals surface area contributed by atoms with Crippen LogP contribution in [0.3, 0.4) is 0 Å². The number of hydrogen-bond donors (Lipinski definition) is 1. The Labute approximate surface area is 91.1 Å². The summed E-state index contributed by atoms with van der Waals surface area (Å²) in [7, 11) is 0. The van der Waals surface area contributed by atoms with Gasteiger partial charge in [-0.25, -0.2) is 0 Å². The molecule has 78 valence electrons. The number of phenolic OH excluding ortho intramolecular Hbond substituents is 1. The molecule has 0 fully saturated rings. The zero-order chi connectivity index (χ0) is 11.4. The summed E-state index contributed by atoms with van der Waals surface area (Å²) in [5.41, 5.74) is 3.69.